The molecule has 0 bridgehead atoms. The molecule has 6 atom stereocenters. The zero-order chi connectivity index (χ0) is 16.0. The molecule has 0 aromatic heterocycles. The summed E-state index contributed by atoms with van der Waals surface area (Å²) in [5.41, 5.74) is 0. The van der Waals surface area contributed by atoms with Crippen molar-refractivity contribution in [3.8, 4) is 0 Å². The summed E-state index contributed by atoms with van der Waals surface area (Å²) >= 11 is 0. The third-order valence-corrected chi connectivity index (χ3v) is 4.89. The molecule has 0 aromatic carbocycles. The molecule has 1 heterocycles. The highest BCUT2D eigenvalue weighted by Gasteiger charge is 2.22. The Morgan fingerprint density at radius 1 is 0.667 bits per heavy atom. The van der Waals surface area contributed by atoms with Gasteiger partial charge in [-0.3, -0.25) is 4.79 Å². The predicted molar refractivity (Wildman–Crippen MR) is 89.0 cm³/mol. The van der Waals surface area contributed by atoms with Crippen LogP contribution in [0, 0.1) is 35.5 Å². The Kier molecular flexibility index (Phi) is 7.76. The van der Waals surface area contributed by atoms with E-state index in [-0.39, 0.29) is 11.9 Å². The fraction of sp³-hybridized carbons (Fsp3) is 0.947. The molecule has 21 heavy (non-hydrogen) atoms. The average molecular weight is 296 g/mol. The van der Waals surface area contributed by atoms with Crippen LogP contribution in [0.4, 0.5) is 0 Å². The maximum Gasteiger partial charge on any atom is 0.308 e. The lowest BCUT2D eigenvalue weighted by molar-refractivity contribution is -0.150. The SMILES string of the molecule is CC1COC(=O)C(C)CC(C)CC(C)CC(C)CC(C)C1. The topological polar surface area (TPSA) is 26.3 Å². The van der Waals surface area contributed by atoms with Gasteiger partial charge in [0, 0.05) is 0 Å². The second kappa shape index (κ2) is 8.80. The summed E-state index contributed by atoms with van der Waals surface area (Å²) in [4.78, 5) is 12.1. The number of hydrogen-bond donors (Lipinski definition) is 0. The van der Waals surface area contributed by atoms with E-state index in [0.717, 1.165) is 30.6 Å². The van der Waals surface area contributed by atoms with Crippen LogP contribution in [0.15, 0.2) is 0 Å². The molecule has 1 rings (SSSR count). The van der Waals surface area contributed by atoms with Crippen molar-refractivity contribution in [2.24, 2.45) is 35.5 Å². The van der Waals surface area contributed by atoms with E-state index in [9.17, 15) is 4.79 Å². The van der Waals surface area contributed by atoms with Crippen LogP contribution in [-0.2, 0) is 9.53 Å². The molecule has 2 nitrogen and oxygen atoms in total. The summed E-state index contributed by atoms with van der Waals surface area (Å²) in [6.45, 7) is 14.2. The second-order valence-electron chi connectivity index (χ2n) is 8.24. The van der Waals surface area contributed by atoms with Crippen LogP contribution in [-0.4, -0.2) is 12.6 Å². The van der Waals surface area contributed by atoms with Gasteiger partial charge in [0.25, 0.3) is 0 Å². The van der Waals surface area contributed by atoms with Gasteiger partial charge in [-0.25, -0.2) is 0 Å². The molecule has 1 aliphatic heterocycles. The Bertz CT molecular complexity index is 313. The first kappa shape index (κ1) is 18.5. The number of hydrogen-bond acceptors (Lipinski definition) is 2. The molecule has 0 amide bonds. The standard InChI is InChI=1S/C19H36O2/c1-13-7-14(2)9-16(4)11-18(6)19(20)21-12-17(5)10-15(3)8-13/h13-18H,7-12H2,1-6H3. The normalized spacial score (nSPS) is 41.1. The third-order valence-electron chi connectivity index (χ3n) is 4.89. The monoisotopic (exact) mass is 296 g/mol. The van der Waals surface area contributed by atoms with Crippen LogP contribution < -0.4 is 0 Å². The summed E-state index contributed by atoms with van der Waals surface area (Å²) < 4.78 is 5.52. The number of carbonyl (C=O) groups is 1. The Morgan fingerprint density at radius 2 is 1.05 bits per heavy atom. The molecule has 124 valence electrons. The van der Waals surface area contributed by atoms with E-state index in [1.165, 1.54) is 19.3 Å². The molecular weight excluding hydrogens is 260 g/mol. The molecule has 1 aliphatic rings. The van der Waals surface area contributed by atoms with Gasteiger partial charge in [0.1, 0.15) is 0 Å². The molecule has 2 heteroatoms. The van der Waals surface area contributed by atoms with Gasteiger partial charge < -0.3 is 4.74 Å². The Hall–Kier alpha value is -0.530. The first-order valence-corrected chi connectivity index (χ1v) is 8.94. The van der Waals surface area contributed by atoms with Crippen molar-refractivity contribution < 1.29 is 9.53 Å². The van der Waals surface area contributed by atoms with Crippen molar-refractivity contribution in [3.63, 3.8) is 0 Å². The third kappa shape index (κ3) is 7.33. The van der Waals surface area contributed by atoms with Gasteiger partial charge in [-0.15, -0.1) is 0 Å². The van der Waals surface area contributed by atoms with Crippen molar-refractivity contribution in [1.29, 1.82) is 0 Å². The van der Waals surface area contributed by atoms with Gasteiger partial charge in [0.05, 0.1) is 12.5 Å². The molecule has 1 saturated heterocycles. The second-order valence-corrected chi connectivity index (χ2v) is 8.24. The fourth-order valence-corrected chi connectivity index (χ4v) is 4.27. The Labute approximate surface area is 132 Å². The molecule has 0 aromatic rings. The van der Waals surface area contributed by atoms with Crippen molar-refractivity contribution >= 4 is 5.97 Å². The van der Waals surface area contributed by atoms with Crippen LogP contribution in [0.25, 0.3) is 0 Å². The lowest BCUT2D eigenvalue weighted by Gasteiger charge is -2.26. The fourth-order valence-electron chi connectivity index (χ4n) is 4.27. The summed E-state index contributed by atoms with van der Waals surface area (Å²) in [6, 6.07) is 0. The largest absolute Gasteiger partial charge is 0.465 e. The summed E-state index contributed by atoms with van der Waals surface area (Å²) in [6.07, 6.45) is 5.97. The van der Waals surface area contributed by atoms with Gasteiger partial charge in [0.2, 0.25) is 0 Å². The van der Waals surface area contributed by atoms with Crippen LogP contribution >= 0.6 is 0 Å². The quantitative estimate of drug-likeness (QED) is 0.566. The van der Waals surface area contributed by atoms with E-state index < -0.39 is 0 Å². The van der Waals surface area contributed by atoms with Crippen LogP contribution in [0.5, 0.6) is 0 Å². The molecule has 0 radical (unpaired) electrons. The first-order valence-electron chi connectivity index (χ1n) is 8.94. The van der Waals surface area contributed by atoms with Gasteiger partial charge in [0.15, 0.2) is 0 Å². The number of rotatable bonds is 0. The minimum absolute atomic E-state index is 0.000524. The predicted octanol–water partition coefficient (Wildman–Crippen LogP) is 5.31. The number of esters is 1. The maximum atomic E-state index is 12.1. The van der Waals surface area contributed by atoms with Gasteiger partial charge in [-0.05, 0) is 61.7 Å². The Balaban J connectivity index is 2.67. The molecule has 6 unspecified atom stereocenters. The molecular formula is C19H36O2. The van der Waals surface area contributed by atoms with Crippen LogP contribution in [0.1, 0.15) is 73.6 Å². The van der Waals surface area contributed by atoms with E-state index in [1.54, 1.807) is 0 Å². The lowest BCUT2D eigenvalue weighted by Crippen LogP contribution is -2.22. The Morgan fingerprint density at radius 3 is 1.52 bits per heavy atom. The first-order chi connectivity index (χ1) is 9.77. The van der Waals surface area contributed by atoms with Crippen molar-refractivity contribution in [2.75, 3.05) is 6.61 Å². The van der Waals surface area contributed by atoms with E-state index in [1.807, 2.05) is 6.92 Å². The number of cyclic esters (lactones) is 1. The highest BCUT2D eigenvalue weighted by molar-refractivity contribution is 5.71. The maximum absolute atomic E-state index is 12.1. The van der Waals surface area contributed by atoms with Gasteiger partial charge in [-0.1, -0.05) is 41.5 Å². The van der Waals surface area contributed by atoms with Crippen molar-refractivity contribution in [1.82, 2.24) is 0 Å². The minimum Gasteiger partial charge on any atom is -0.465 e. The number of ether oxygens (including phenoxy) is 1. The zero-order valence-corrected chi connectivity index (χ0v) is 15.0. The molecule has 0 saturated carbocycles. The minimum atomic E-state index is -0.000524. The van der Waals surface area contributed by atoms with Gasteiger partial charge in [-0.2, -0.15) is 0 Å². The smallest absolute Gasteiger partial charge is 0.308 e. The highest BCUT2D eigenvalue weighted by atomic mass is 16.5. The van der Waals surface area contributed by atoms with Crippen molar-refractivity contribution in [3.05, 3.63) is 0 Å². The zero-order valence-electron chi connectivity index (χ0n) is 15.0. The van der Waals surface area contributed by atoms with E-state index in [2.05, 4.69) is 34.6 Å². The van der Waals surface area contributed by atoms with E-state index >= 15 is 0 Å². The van der Waals surface area contributed by atoms with Crippen LogP contribution in [0.2, 0.25) is 0 Å². The molecule has 0 aliphatic carbocycles. The number of carbonyl (C=O) groups excluding carboxylic acids is 1. The lowest BCUT2D eigenvalue weighted by atomic mass is 9.82. The van der Waals surface area contributed by atoms with Gasteiger partial charge >= 0.3 is 5.97 Å². The average Bonchev–Trinajstić information content (AvgIpc) is 2.33. The van der Waals surface area contributed by atoms with Crippen LogP contribution in [0.3, 0.4) is 0 Å². The van der Waals surface area contributed by atoms with Crippen molar-refractivity contribution in [2.45, 2.75) is 73.6 Å². The molecule has 0 spiro atoms. The summed E-state index contributed by atoms with van der Waals surface area (Å²) in [5.74, 6) is 3.40. The highest BCUT2D eigenvalue weighted by Crippen LogP contribution is 2.29. The van der Waals surface area contributed by atoms with E-state index in [0.29, 0.717) is 18.4 Å². The molecule has 0 N–H and O–H groups in total. The van der Waals surface area contributed by atoms with E-state index in [4.69, 9.17) is 4.74 Å². The summed E-state index contributed by atoms with van der Waals surface area (Å²) in [7, 11) is 0. The summed E-state index contributed by atoms with van der Waals surface area (Å²) in [5, 5.41) is 0. The molecule has 1 fully saturated rings.